The molecule has 9 heteroatoms. The molecule has 2 aliphatic heterocycles. The molecule has 194 valence electrons. The van der Waals surface area contributed by atoms with E-state index >= 15 is 0 Å². The van der Waals surface area contributed by atoms with Gasteiger partial charge in [-0.25, -0.2) is 9.97 Å². The Morgan fingerprint density at radius 1 is 1.00 bits per heavy atom. The normalized spacial score (nSPS) is 17.4. The summed E-state index contributed by atoms with van der Waals surface area (Å²) in [6, 6.07) is 10.2. The number of amides is 1. The maximum absolute atomic E-state index is 13.6. The second kappa shape index (κ2) is 10.1. The molecule has 5 rings (SSSR count). The Labute approximate surface area is 213 Å². The Balaban J connectivity index is 1.50. The highest BCUT2D eigenvalue weighted by molar-refractivity contribution is 5.96. The summed E-state index contributed by atoms with van der Waals surface area (Å²) in [5.74, 6) is -0.366. The lowest BCUT2D eigenvalue weighted by Gasteiger charge is -2.36. The molecule has 1 aromatic carbocycles. The van der Waals surface area contributed by atoms with Gasteiger partial charge in [0.25, 0.3) is 5.91 Å². The highest BCUT2D eigenvalue weighted by atomic mass is 19.4. The molecule has 0 atom stereocenters. The van der Waals surface area contributed by atoms with Crippen molar-refractivity contribution in [2.45, 2.75) is 44.8 Å². The third kappa shape index (κ3) is 5.32. The lowest BCUT2D eigenvalue weighted by Crippen LogP contribution is -2.46. The summed E-state index contributed by atoms with van der Waals surface area (Å²) in [6.07, 6.45) is 1.21. The van der Waals surface area contributed by atoms with Gasteiger partial charge in [0.1, 0.15) is 5.69 Å². The molecule has 2 aromatic heterocycles. The third-order valence-corrected chi connectivity index (χ3v) is 7.35. The minimum atomic E-state index is -4.49. The first kappa shape index (κ1) is 25.2. The van der Waals surface area contributed by atoms with Gasteiger partial charge in [-0.2, -0.15) is 13.2 Å². The molecule has 37 heavy (non-hydrogen) atoms. The Hall–Kier alpha value is -3.46. The van der Waals surface area contributed by atoms with Crippen molar-refractivity contribution < 1.29 is 23.1 Å². The summed E-state index contributed by atoms with van der Waals surface area (Å²) in [4.78, 5) is 26.5. The first-order valence-electron chi connectivity index (χ1n) is 12.6. The van der Waals surface area contributed by atoms with E-state index in [2.05, 4.69) is 9.88 Å². The number of hydrogen-bond donors (Lipinski definition) is 1. The molecule has 0 unspecified atom stereocenters. The molecule has 1 amide bonds. The predicted molar refractivity (Wildman–Crippen MR) is 134 cm³/mol. The Morgan fingerprint density at radius 2 is 1.73 bits per heavy atom. The van der Waals surface area contributed by atoms with Gasteiger partial charge in [-0.3, -0.25) is 4.79 Å². The lowest BCUT2D eigenvalue weighted by molar-refractivity contribution is -0.137. The van der Waals surface area contributed by atoms with Gasteiger partial charge in [0.2, 0.25) is 5.88 Å². The van der Waals surface area contributed by atoms with Gasteiger partial charge in [0.05, 0.1) is 11.3 Å². The number of carbonyl (C=O) groups excluding carboxylic acids is 1. The molecule has 2 aliphatic rings. The average molecular weight is 511 g/mol. The number of benzene rings is 1. The monoisotopic (exact) mass is 510 g/mol. The summed E-state index contributed by atoms with van der Waals surface area (Å²) >= 11 is 0. The molecule has 1 N–H and O–H groups in total. The van der Waals surface area contributed by atoms with Crippen molar-refractivity contribution in [2.24, 2.45) is 0 Å². The topological polar surface area (TPSA) is 69.6 Å². The minimum absolute atomic E-state index is 0.180. The first-order valence-corrected chi connectivity index (χ1v) is 12.6. The van der Waals surface area contributed by atoms with Crippen LogP contribution in [0.25, 0.3) is 22.4 Å². The van der Waals surface area contributed by atoms with E-state index in [1.165, 1.54) is 31.2 Å². The smallest absolute Gasteiger partial charge is 0.416 e. The number of hydrogen-bond acceptors (Lipinski definition) is 5. The number of nitrogens with zero attached hydrogens (tertiary/aromatic N) is 4. The number of aromatic nitrogens is 2. The second-order valence-corrected chi connectivity index (χ2v) is 9.80. The molecule has 4 heterocycles. The van der Waals surface area contributed by atoms with Gasteiger partial charge in [-0.05, 0) is 81.1 Å². The van der Waals surface area contributed by atoms with Crippen molar-refractivity contribution >= 4 is 5.91 Å². The fraction of sp³-hybridized carbons (Fsp3) is 0.393. The highest BCUT2D eigenvalue weighted by Gasteiger charge is 2.32. The van der Waals surface area contributed by atoms with E-state index < -0.39 is 11.7 Å². The summed E-state index contributed by atoms with van der Waals surface area (Å²) in [5.41, 5.74) is 1.73. The van der Waals surface area contributed by atoms with Crippen LogP contribution in [0, 0.1) is 6.92 Å². The van der Waals surface area contributed by atoms with Crippen molar-refractivity contribution in [1.82, 2.24) is 19.8 Å². The van der Waals surface area contributed by atoms with Gasteiger partial charge >= 0.3 is 6.18 Å². The molecular formula is C28H29F3N4O2. The Kier molecular flexibility index (Phi) is 6.90. The minimum Gasteiger partial charge on any atom is -0.493 e. The standard InChI is InChI=1S/C28H29F3N4O2/c1-18-15-23(19-5-4-6-21(16-19)28(29,30)31)26(20-7-8-24(36)32-17-20)33-25(18)27(37)35-13-9-22(10-14-35)34-11-2-3-12-34/h4-8,15-17,22H,2-3,9-14H2,1H3,(H,32,36). The summed E-state index contributed by atoms with van der Waals surface area (Å²) in [6.45, 7) is 5.30. The van der Waals surface area contributed by atoms with Gasteiger partial charge in [0, 0.05) is 42.5 Å². The molecule has 0 aliphatic carbocycles. The quantitative estimate of drug-likeness (QED) is 0.499. The molecule has 6 nitrogen and oxygen atoms in total. The SMILES string of the molecule is Cc1cc(-c2cccc(C(F)(F)F)c2)c(-c2ccc(O)nc2)nc1C(=O)N1CCC(N2CCCC2)CC1. The van der Waals surface area contributed by atoms with Crippen LogP contribution < -0.4 is 0 Å². The number of likely N-dealkylation sites (tertiary alicyclic amines) is 2. The second-order valence-electron chi connectivity index (χ2n) is 9.80. The summed E-state index contributed by atoms with van der Waals surface area (Å²) in [5, 5.41) is 9.65. The molecule has 2 fully saturated rings. The van der Waals surface area contributed by atoms with E-state index in [4.69, 9.17) is 4.98 Å². The van der Waals surface area contributed by atoms with Crippen LogP contribution in [0.2, 0.25) is 0 Å². The number of carbonyl (C=O) groups is 1. The number of piperidine rings is 1. The highest BCUT2D eigenvalue weighted by Crippen LogP contribution is 2.37. The van der Waals surface area contributed by atoms with Crippen molar-refractivity contribution in [1.29, 1.82) is 0 Å². The zero-order valence-corrected chi connectivity index (χ0v) is 20.6. The van der Waals surface area contributed by atoms with Crippen molar-refractivity contribution in [3.05, 3.63) is 65.5 Å². The van der Waals surface area contributed by atoms with E-state index in [0.29, 0.717) is 47.1 Å². The fourth-order valence-corrected chi connectivity index (χ4v) is 5.35. The number of pyridine rings is 2. The van der Waals surface area contributed by atoms with Crippen LogP contribution in [0.1, 0.15) is 47.3 Å². The van der Waals surface area contributed by atoms with E-state index in [9.17, 15) is 23.1 Å². The Morgan fingerprint density at radius 3 is 2.38 bits per heavy atom. The molecule has 0 bridgehead atoms. The van der Waals surface area contributed by atoms with Crippen LogP contribution in [0.3, 0.4) is 0 Å². The molecule has 0 saturated carbocycles. The fourth-order valence-electron chi connectivity index (χ4n) is 5.35. The van der Waals surface area contributed by atoms with Crippen LogP contribution in [-0.2, 0) is 6.18 Å². The van der Waals surface area contributed by atoms with Gasteiger partial charge in [-0.15, -0.1) is 0 Å². The van der Waals surface area contributed by atoms with Crippen LogP contribution in [0.4, 0.5) is 13.2 Å². The average Bonchev–Trinajstić information content (AvgIpc) is 3.44. The molecule has 3 aromatic rings. The molecule has 2 saturated heterocycles. The van der Waals surface area contributed by atoms with Crippen LogP contribution in [-0.4, -0.2) is 63.0 Å². The first-order chi connectivity index (χ1) is 17.7. The van der Waals surface area contributed by atoms with Gasteiger partial charge < -0.3 is 14.9 Å². The van der Waals surface area contributed by atoms with Gasteiger partial charge in [-0.1, -0.05) is 12.1 Å². The zero-order valence-electron chi connectivity index (χ0n) is 20.6. The van der Waals surface area contributed by atoms with Crippen LogP contribution >= 0.6 is 0 Å². The summed E-state index contributed by atoms with van der Waals surface area (Å²) in [7, 11) is 0. The molecular weight excluding hydrogens is 481 g/mol. The van der Waals surface area contributed by atoms with E-state index in [1.54, 1.807) is 25.1 Å². The summed E-state index contributed by atoms with van der Waals surface area (Å²) < 4.78 is 40.3. The number of halogens is 3. The maximum Gasteiger partial charge on any atom is 0.416 e. The number of aryl methyl sites for hydroxylation is 1. The molecule has 0 spiro atoms. The van der Waals surface area contributed by atoms with Crippen molar-refractivity contribution in [3.63, 3.8) is 0 Å². The van der Waals surface area contributed by atoms with E-state index in [1.807, 2.05) is 4.90 Å². The van der Waals surface area contributed by atoms with Gasteiger partial charge in [0.15, 0.2) is 0 Å². The number of rotatable bonds is 4. The van der Waals surface area contributed by atoms with Crippen molar-refractivity contribution in [2.75, 3.05) is 26.2 Å². The number of aromatic hydroxyl groups is 1. The molecule has 0 radical (unpaired) electrons. The maximum atomic E-state index is 13.6. The third-order valence-electron chi connectivity index (χ3n) is 7.35. The predicted octanol–water partition coefficient (Wildman–Crippen LogP) is 5.54. The lowest BCUT2D eigenvalue weighted by atomic mass is 9.95. The van der Waals surface area contributed by atoms with E-state index in [0.717, 1.165) is 38.1 Å². The van der Waals surface area contributed by atoms with E-state index in [-0.39, 0.29) is 17.5 Å². The van der Waals surface area contributed by atoms with Crippen LogP contribution in [0.15, 0.2) is 48.7 Å². The zero-order chi connectivity index (χ0) is 26.2. The van der Waals surface area contributed by atoms with Crippen molar-refractivity contribution in [3.8, 4) is 28.3 Å². The Bertz CT molecular complexity index is 1280. The van der Waals surface area contributed by atoms with Crippen LogP contribution in [0.5, 0.6) is 5.88 Å². The largest absolute Gasteiger partial charge is 0.493 e. The number of alkyl halides is 3.